The Balaban J connectivity index is 2.49. The van der Waals surface area contributed by atoms with Crippen LogP contribution in [0.25, 0.3) is 11.3 Å². The monoisotopic (exact) mass is 297 g/mol. The van der Waals surface area contributed by atoms with Crippen LogP contribution in [0.2, 0.25) is 0 Å². The minimum absolute atomic E-state index is 0.254. The van der Waals surface area contributed by atoms with Gasteiger partial charge in [0.2, 0.25) is 0 Å². The summed E-state index contributed by atoms with van der Waals surface area (Å²) in [6.45, 7) is 0.671. The third kappa shape index (κ3) is 2.40. The first-order valence-electron chi connectivity index (χ1n) is 5.25. The van der Waals surface area contributed by atoms with E-state index in [1.165, 1.54) is 12.1 Å². The maximum Gasteiger partial charge on any atom is 0.124 e. The minimum Gasteiger partial charge on any atom is -0.324 e. The van der Waals surface area contributed by atoms with Gasteiger partial charge in [0, 0.05) is 12.6 Å². The van der Waals surface area contributed by atoms with Crippen LogP contribution in [-0.4, -0.2) is 16.6 Å². The number of aromatic nitrogens is 2. The van der Waals surface area contributed by atoms with Crippen LogP contribution in [0.15, 0.2) is 28.9 Å². The van der Waals surface area contributed by atoms with Gasteiger partial charge in [-0.25, -0.2) is 9.37 Å². The van der Waals surface area contributed by atoms with E-state index in [0.29, 0.717) is 6.54 Å². The number of nitrogens with zero attached hydrogens (tertiary/aromatic N) is 2. The van der Waals surface area contributed by atoms with Crippen LogP contribution in [0.5, 0.6) is 0 Å². The number of hydrogen-bond acceptors (Lipinski definition) is 2. The van der Waals surface area contributed by atoms with E-state index in [1.54, 1.807) is 6.07 Å². The van der Waals surface area contributed by atoms with Crippen molar-refractivity contribution in [2.24, 2.45) is 7.05 Å². The van der Waals surface area contributed by atoms with Crippen LogP contribution in [0, 0.1) is 5.82 Å². The Labute approximate surface area is 108 Å². The molecular formula is C12H13BrFN3. The first-order chi connectivity index (χ1) is 8.13. The molecule has 0 unspecified atom stereocenters. The van der Waals surface area contributed by atoms with Crippen molar-refractivity contribution < 1.29 is 4.39 Å². The quantitative estimate of drug-likeness (QED) is 0.944. The average molecular weight is 298 g/mol. The van der Waals surface area contributed by atoms with E-state index in [2.05, 4.69) is 26.2 Å². The summed E-state index contributed by atoms with van der Waals surface area (Å²) in [5.41, 5.74) is 1.53. The van der Waals surface area contributed by atoms with Crippen molar-refractivity contribution in [3.63, 3.8) is 0 Å². The van der Waals surface area contributed by atoms with Crippen LogP contribution in [-0.2, 0) is 13.6 Å². The summed E-state index contributed by atoms with van der Waals surface area (Å²) in [5.74, 6) is 0.647. The van der Waals surface area contributed by atoms with Crippen LogP contribution in [0.3, 0.4) is 0 Å². The number of imidazole rings is 1. The van der Waals surface area contributed by atoms with Crippen molar-refractivity contribution in [1.29, 1.82) is 0 Å². The Hall–Kier alpha value is -1.20. The zero-order chi connectivity index (χ0) is 12.4. The molecule has 0 bridgehead atoms. The molecule has 0 saturated carbocycles. The Bertz CT molecular complexity index is 537. The van der Waals surface area contributed by atoms with Crippen LogP contribution < -0.4 is 5.32 Å². The maximum absolute atomic E-state index is 13.2. The summed E-state index contributed by atoms with van der Waals surface area (Å²) < 4.78 is 16.0. The van der Waals surface area contributed by atoms with Crippen molar-refractivity contribution in [3.8, 4) is 11.3 Å². The van der Waals surface area contributed by atoms with Gasteiger partial charge >= 0.3 is 0 Å². The normalized spacial score (nSPS) is 10.8. The molecule has 1 N–H and O–H groups in total. The standard InChI is InChI=1S/C12H13BrFN3/c1-15-7-10-16-11(12(13)17(10)2)8-4-3-5-9(14)6-8/h3-6,15H,7H2,1-2H3. The van der Waals surface area contributed by atoms with Crippen LogP contribution >= 0.6 is 15.9 Å². The molecule has 1 aromatic heterocycles. The zero-order valence-corrected chi connectivity index (χ0v) is 11.3. The van der Waals surface area contributed by atoms with Gasteiger partial charge in [-0.3, -0.25) is 0 Å². The average Bonchev–Trinajstić information content (AvgIpc) is 2.58. The summed E-state index contributed by atoms with van der Waals surface area (Å²) >= 11 is 3.48. The van der Waals surface area contributed by atoms with Crippen molar-refractivity contribution in [1.82, 2.24) is 14.9 Å². The number of nitrogens with one attached hydrogen (secondary N) is 1. The molecule has 0 fully saturated rings. The molecule has 0 radical (unpaired) electrons. The minimum atomic E-state index is -0.254. The number of hydrogen-bond donors (Lipinski definition) is 1. The molecule has 0 aliphatic heterocycles. The number of rotatable bonds is 3. The topological polar surface area (TPSA) is 29.9 Å². The largest absolute Gasteiger partial charge is 0.324 e. The molecule has 0 aliphatic rings. The lowest BCUT2D eigenvalue weighted by Crippen LogP contribution is -2.10. The highest BCUT2D eigenvalue weighted by Crippen LogP contribution is 2.28. The van der Waals surface area contributed by atoms with Gasteiger partial charge in [0.15, 0.2) is 0 Å². The molecular weight excluding hydrogens is 285 g/mol. The highest BCUT2D eigenvalue weighted by molar-refractivity contribution is 9.10. The molecule has 0 spiro atoms. The summed E-state index contributed by atoms with van der Waals surface area (Å²) in [7, 11) is 3.79. The van der Waals surface area contributed by atoms with Gasteiger partial charge in [-0.1, -0.05) is 12.1 Å². The van der Waals surface area contributed by atoms with Gasteiger partial charge in [0.25, 0.3) is 0 Å². The Kier molecular flexibility index (Phi) is 3.59. The molecule has 0 atom stereocenters. The second-order valence-electron chi connectivity index (χ2n) is 3.77. The molecule has 2 aromatic rings. The molecule has 2 rings (SSSR count). The van der Waals surface area contributed by atoms with E-state index >= 15 is 0 Å². The first-order valence-corrected chi connectivity index (χ1v) is 6.04. The first kappa shape index (κ1) is 12.3. The molecule has 0 saturated heterocycles. The predicted octanol–water partition coefficient (Wildman–Crippen LogP) is 2.71. The maximum atomic E-state index is 13.2. The summed E-state index contributed by atoms with van der Waals surface area (Å²) in [5, 5.41) is 3.05. The third-order valence-corrected chi connectivity index (χ3v) is 3.46. The lowest BCUT2D eigenvalue weighted by Gasteiger charge is -2.00. The lowest BCUT2D eigenvalue weighted by atomic mass is 10.2. The Morgan fingerprint density at radius 3 is 2.88 bits per heavy atom. The molecule has 3 nitrogen and oxygen atoms in total. The van der Waals surface area contributed by atoms with Gasteiger partial charge in [-0.15, -0.1) is 0 Å². The van der Waals surface area contributed by atoms with Crippen LogP contribution in [0.1, 0.15) is 5.82 Å². The highest BCUT2D eigenvalue weighted by Gasteiger charge is 2.13. The fourth-order valence-corrected chi connectivity index (χ4v) is 2.18. The molecule has 17 heavy (non-hydrogen) atoms. The Morgan fingerprint density at radius 1 is 1.47 bits per heavy atom. The van der Waals surface area contributed by atoms with E-state index in [0.717, 1.165) is 21.7 Å². The fraction of sp³-hybridized carbons (Fsp3) is 0.250. The van der Waals surface area contributed by atoms with E-state index in [-0.39, 0.29) is 5.82 Å². The SMILES string of the molecule is CNCc1nc(-c2cccc(F)c2)c(Br)n1C. The summed E-state index contributed by atoms with van der Waals surface area (Å²) in [6, 6.07) is 6.44. The molecule has 90 valence electrons. The third-order valence-electron chi connectivity index (χ3n) is 2.55. The second-order valence-corrected chi connectivity index (χ2v) is 4.52. The summed E-state index contributed by atoms with van der Waals surface area (Å²) in [4.78, 5) is 4.50. The van der Waals surface area contributed by atoms with Gasteiger partial charge in [-0.05, 0) is 35.1 Å². The number of benzene rings is 1. The van der Waals surface area contributed by atoms with Crippen molar-refractivity contribution >= 4 is 15.9 Å². The van der Waals surface area contributed by atoms with Gasteiger partial charge in [0.05, 0.1) is 6.54 Å². The predicted molar refractivity (Wildman–Crippen MR) is 69.1 cm³/mol. The van der Waals surface area contributed by atoms with Gasteiger partial charge in [0.1, 0.15) is 21.9 Å². The molecule has 5 heteroatoms. The van der Waals surface area contributed by atoms with Crippen molar-refractivity contribution in [2.75, 3.05) is 7.05 Å². The number of halogens is 2. The zero-order valence-electron chi connectivity index (χ0n) is 9.67. The van der Waals surface area contributed by atoms with Crippen LogP contribution in [0.4, 0.5) is 4.39 Å². The van der Waals surface area contributed by atoms with E-state index in [4.69, 9.17) is 0 Å². The van der Waals surface area contributed by atoms with E-state index in [1.807, 2.05) is 24.7 Å². The van der Waals surface area contributed by atoms with Gasteiger partial charge < -0.3 is 9.88 Å². The second kappa shape index (κ2) is 4.98. The molecule has 0 aliphatic carbocycles. The highest BCUT2D eigenvalue weighted by atomic mass is 79.9. The van der Waals surface area contributed by atoms with E-state index < -0.39 is 0 Å². The van der Waals surface area contributed by atoms with E-state index in [9.17, 15) is 4.39 Å². The molecule has 1 heterocycles. The van der Waals surface area contributed by atoms with Crippen molar-refractivity contribution in [2.45, 2.75) is 6.54 Å². The lowest BCUT2D eigenvalue weighted by molar-refractivity contribution is 0.628. The molecule has 1 aromatic carbocycles. The summed E-state index contributed by atoms with van der Waals surface area (Å²) in [6.07, 6.45) is 0. The van der Waals surface area contributed by atoms with Crippen molar-refractivity contribution in [3.05, 3.63) is 40.5 Å². The van der Waals surface area contributed by atoms with Gasteiger partial charge in [-0.2, -0.15) is 0 Å². The fourth-order valence-electron chi connectivity index (χ4n) is 1.66. The smallest absolute Gasteiger partial charge is 0.124 e. The Morgan fingerprint density at radius 2 is 2.24 bits per heavy atom. The molecule has 0 amide bonds.